The van der Waals surface area contributed by atoms with Crippen LogP contribution in [0.4, 0.5) is 5.95 Å². The molecule has 10 heteroatoms. The number of nitrogens with one attached hydrogen (secondary N) is 1. The summed E-state index contributed by atoms with van der Waals surface area (Å²) >= 11 is 18.0. The minimum Gasteiger partial charge on any atom is -0.493 e. The minimum absolute atomic E-state index is 0.0439. The second-order valence-corrected chi connectivity index (χ2v) is 8.24. The van der Waals surface area contributed by atoms with Crippen LogP contribution in [0.1, 0.15) is 12.2 Å². The molecular weight excluding hydrogens is 413 g/mol. The maximum atomic E-state index is 6.00. The van der Waals surface area contributed by atoms with E-state index in [0.717, 1.165) is 13.0 Å². The molecule has 0 radical (unpaired) electrons. The second-order valence-electron chi connectivity index (χ2n) is 5.96. The van der Waals surface area contributed by atoms with Crippen LogP contribution in [0.2, 0.25) is 0 Å². The summed E-state index contributed by atoms with van der Waals surface area (Å²) in [5.41, 5.74) is 0.682. The molecule has 0 aliphatic rings. The third kappa shape index (κ3) is 6.24. The van der Waals surface area contributed by atoms with Crippen molar-refractivity contribution in [3.8, 4) is 22.9 Å². The van der Waals surface area contributed by atoms with Crippen molar-refractivity contribution in [2.75, 3.05) is 46.7 Å². The van der Waals surface area contributed by atoms with Gasteiger partial charge in [0.1, 0.15) is 0 Å². The van der Waals surface area contributed by atoms with Gasteiger partial charge in [-0.15, -0.1) is 0 Å². The summed E-state index contributed by atoms with van der Waals surface area (Å²) in [5, 5.41) is 3.15. The van der Waals surface area contributed by atoms with Crippen LogP contribution in [0.25, 0.3) is 11.4 Å². The van der Waals surface area contributed by atoms with E-state index in [1.807, 2.05) is 14.1 Å². The molecule has 0 bridgehead atoms. The molecule has 7 nitrogen and oxygen atoms in total. The van der Waals surface area contributed by atoms with Crippen LogP contribution >= 0.6 is 34.8 Å². The fourth-order valence-corrected chi connectivity index (χ4v) is 2.54. The standard InChI is InChI=1S/C17H22Cl3N5O2/c1-25(2)9-5-8-21-16-23-14(22-15(24-16)17(18,19)20)11-6-7-12(26-3)13(10-11)27-4/h6-7,10H,5,8-9H2,1-4H3,(H,21,22,23,24). The van der Waals surface area contributed by atoms with Gasteiger partial charge in [0.15, 0.2) is 23.1 Å². The van der Waals surface area contributed by atoms with Crippen LogP contribution < -0.4 is 14.8 Å². The van der Waals surface area contributed by atoms with E-state index in [2.05, 4.69) is 25.2 Å². The van der Waals surface area contributed by atoms with Gasteiger partial charge in [0, 0.05) is 12.1 Å². The summed E-state index contributed by atoms with van der Waals surface area (Å²) in [4.78, 5) is 15.1. The molecule has 2 aromatic rings. The number of alkyl halides is 3. The number of hydrogen-bond acceptors (Lipinski definition) is 7. The molecule has 0 atom stereocenters. The van der Waals surface area contributed by atoms with Gasteiger partial charge < -0.3 is 19.7 Å². The Balaban J connectivity index is 2.36. The summed E-state index contributed by atoms with van der Waals surface area (Å²) < 4.78 is 8.82. The molecular formula is C17H22Cl3N5O2. The number of methoxy groups -OCH3 is 2. The maximum absolute atomic E-state index is 6.00. The molecule has 0 aliphatic carbocycles. The van der Waals surface area contributed by atoms with E-state index in [1.54, 1.807) is 32.4 Å². The van der Waals surface area contributed by atoms with E-state index in [4.69, 9.17) is 44.3 Å². The number of rotatable bonds is 8. The minimum atomic E-state index is -1.77. The van der Waals surface area contributed by atoms with Gasteiger partial charge in [-0.05, 0) is 45.3 Å². The zero-order valence-corrected chi connectivity index (χ0v) is 17.9. The number of benzene rings is 1. The van der Waals surface area contributed by atoms with E-state index < -0.39 is 3.79 Å². The fourth-order valence-electron chi connectivity index (χ4n) is 2.28. The zero-order valence-electron chi connectivity index (χ0n) is 15.6. The van der Waals surface area contributed by atoms with Crippen molar-refractivity contribution >= 4 is 40.8 Å². The van der Waals surface area contributed by atoms with E-state index in [9.17, 15) is 0 Å². The molecule has 1 aromatic heterocycles. The molecule has 1 N–H and O–H groups in total. The summed E-state index contributed by atoms with van der Waals surface area (Å²) in [5.74, 6) is 1.89. The number of hydrogen-bond donors (Lipinski definition) is 1. The maximum Gasteiger partial charge on any atom is 0.250 e. The van der Waals surface area contributed by atoms with Crippen molar-refractivity contribution in [2.45, 2.75) is 10.2 Å². The normalized spacial score (nSPS) is 11.6. The molecule has 0 aliphatic heterocycles. The molecule has 0 spiro atoms. The van der Waals surface area contributed by atoms with Gasteiger partial charge in [0.05, 0.1) is 14.2 Å². The van der Waals surface area contributed by atoms with Crippen LogP contribution in [-0.4, -0.2) is 61.3 Å². The highest BCUT2D eigenvalue weighted by Crippen LogP contribution is 2.37. The highest BCUT2D eigenvalue weighted by Gasteiger charge is 2.28. The van der Waals surface area contributed by atoms with Crippen LogP contribution in [0.3, 0.4) is 0 Å². The number of aromatic nitrogens is 3. The topological polar surface area (TPSA) is 72.4 Å². The number of nitrogens with zero attached hydrogens (tertiary/aromatic N) is 4. The Labute approximate surface area is 174 Å². The molecule has 1 heterocycles. The molecule has 1 aromatic carbocycles. The van der Waals surface area contributed by atoms with Crippen molar-refractivity contribution in [2.24, 2.45) is 0 Å². The Morgan fingerprint density at radius 2 is 1.74 bits per heavy atom. The summed E-state index contributed by atoms with van der Waals surface area (Å²) in [6, 6.07) is 5.32. The summed E-state index contributed by atoms with van der Waals surface area (Å²) in [6.07, 6.45) is 0.910. The first-order valence-corrected chi connectivity index (χ1v) is 9.32. The van der Waals surface area contributed by atoms with Crippen LogP contribution in [0, 0.1) is 0 Å². The van der Waals surface area contributed by atoms with Crippen LogP contribution in [0.5, 0.6) is 11.5 Å². The Morgan fingerprint density at radius 1 is 1.04 bits per heavy atom. The Morgan fingerprint density at radius 3 is 2.33 bits per heavy atom. The van der Waals surface area contributed by atoms with Crippen LogP contribution in [-0.2, 0) is 3.79 Å². The highest BCUT2D eigenvalue weighted by atomic mass is 35.6. The van der Waals surface area contributed by atoms with Gasteiger partial charge in [-0.1, -0.05) is 34.8 Å². The number of anilines is 1. The van der Waals surface area contributed by atoms with Crippen molar-refractivity contribution < 1.29 is 9.47 Å². The molecule has 2 rings (SSSR count). The molecule has 0 saturated carbocycles. The fraction of sp³-hybridized carbons (Fsp3) is 0.471. The molecule has 0 saturated heterocycles. The van der Waals surface area contributed by atoms with Crippen molar-refractivity contribution in [1.29, 1.82) is 0 Å². The van der Waals surface area contributed by atoms with Gasteiger partial charge in [-0.25, -0.2) is 4.98 Å². The highest BCUT2D eigenvalue weighted by molar-refractivity contribution is 6.66. The molecule has 0 unspecified atom stereocenters. The van der Waals surface area contributed by atoms with E-state index >= 15 is 0 Å². The average Bonchev–Trinajstić information content (AvgIpc) is 2.63. The summed E-state index contributed by atoms with van der Waals surface area (Å²) in [6.45, 7) is 1.60. The van der Waals surface area contributed by atoms with Gasteiger partial charge in [0.2, 0.25) is 9.74 Å². The second kappa shape index (κ2) is 9.59. The van der Waals surface area contributed by atoms with Gasteiger partial charge in [-0.2, -0.15) is 9.97 Å². The lowest BCUT2D eigenvalue weighted by Crippen LogP contribution is -2.18. The predicted molar refractivity (Wildman–Crippen MR) is 109 cm³/mol. The molecule has 27 heavy (non-hydrogen) atoms. The monoisotopic (exact) mass is 433 g/mol. The lowest BCUT2D eigenvalue weighted by molar-refractivity contribution is 0.355. The van der Waals surface area contributed by atoms with Crippen molar-refractivity contribution in [3.63, 3.8) is 0 Å². The van der Waals surface area contributed by atoms with Crippen LogP contribution in [0.15, 0.2) is 18.2 Å². The quantitative estimate of drug-likeness (QED) is 0.501. The first-order valence-electron chi connectivity index (χ1n) is 8.19. The Hall–Kier alpha value is -1.54. The SMILES string of the molecule is COc1ccc(-c2nc(NCCCN(C)C)nc(C(Cl)(Cl)Cl)n2)cc1OC. The molecule has 0 amide bonds. The van der Waals surface area contributed by atoms with Gasteiger partial charge in [-0.3, -0.25) is 0 Å². The first-order chi connectivity index (χ1) is 12.7. The van der Waals surface area contributed by atoms with E-state index in [0.29, 0.717) is 35.4 Å². The third-order valence-corrected chi connectivity index (χ3v) is 4.10. The Bertz CT molecular complexity index is 769. The van der Waals surface area contributed by atoms with E-state index in [-0.39, 0.29) is 5.82 Å². The average molecular weight is 435 g/mol. The molecule has 148 valence electrons. The van der Waals surface area contributed by atoms with Crippen molar-refractivity contribution in [1.82, 2.24) is 19.9 Å². The first kappa shape index (κ1) is 21.8. The van der Waals surface area contributed by atoms with Gasteiger partial charge in [0.25, 0.3) is 0 Å². The smallest absolute Gasteiger partial charge is 0.250 e. The van der Waals surface area contributed by atoms with E-state index in [1.165, 1.54) is 0 Å². The third-order valence-electron chi connectivity index (χ3n) is 3.60. The lowest BCUT2D eigenvalue weighted by atomic mass is 10.2. The van der Waals surface area contributed by atoms with Crippen molar-refractivity contribution in [3.05, 3.63) is 24.0 Å². The number of halogens is 3. The lowest BCUT2D eigenvalue weighted by Gasteiger charge is -2.15. The largest absolute Gasteiger partial charge is 0.493 e. The zero-order chi connectivity index (χ0) is 20.0. The predicted octanol–water partition coefficient (Wildman–Crippen LogP) is 3.75. The Kier molecular flexibility index (Phi) is 7.73. The van der Waals surface area contributed by atoms with Gasteiger partial charge >= 0.3 is 0 Å². The summed E-state index contributed by atoms with van der Waals surface area (Å²) in [7, 11) is 7.15. The number of ether oxygens (including phenoxy) is 2. The molecule has 0 fully saturated rings.